The number of carbonyl (C=O) groups excluding carboxylic acids is 1. The third-order valence-corrected chi connectivity index (χ3v) is 4.27. The number of H-pyrrole nitrogens is 1. The first-order chi connectivity index (χ1) is 11.4. The van der Waals surface area contributed by atoms with Crippen LogP contribution in [0.15, 0.2) is 11.0 Å². The first-order valence-corrected chi connectivity index (χ1v) is 8.00. The summed E-state index contributed by atoms with van der Waals surface area (Å²) in [7, 11) is 1.65. The van der Waals surface area contributed by atoms with E-state index in [2.05, 4.69) is 16.8 Å². The van der Waals surface area contributed by atoms with Crippen LogP contribution in [0.4, 0.5) is 0 Å². The van der Waals surface area contributed by atoms with Crippen LogP contribution in [0.2, 0.25) is 0 Å². The second-order valence-corrected chi connectivity index (χ2v) is 6.12. The molecule has 3 rings (SSSR count). The molecule has 2 aromatic rings. The predicted octanol–water partition coefficient (Wildman–Crippen LogP) is 1.47. The number of aromatic amines is 1. The van der Waals surface area contributed by atoms with E-state index in [-0.39, 0.29) is 24.2 Å². The first kappa shape index (κ1) is 16.3. The average molecular weight is 328 g/mol. The van der Waals surface area contributed by atoms with Crippen molar-refractivity contribution in [3.8, 4) is 11.8 Å². The summed E-state index contributed by atoms with van der Waals surface area (Å²) < 4.78 is 6.57. The lowest BCUT2D eigenvalue weighted by Crippen LogP contribution is -2.17. The summed E-state index contributed by atoms with van der Waals surface area (Å²) in [5.74, 6) is 5.87. The number of aliphatic hydroxyl groups excluding tert-OH is 1. The number of aromatic nitrogens is 2. The van der Waals surface area contributed by atoms with Gasteiger partial charge in [-0.15, -0.1) is 0 Å². The summed E-state index contributed by atoms with van der Waals surface area (Å²) in [6, 6.07) is 0. The summed E-state index contributed by atoms with van der Waals surface area (Å²) in [4.78, 5) is 27.6. The van der Waals surface area contributed by atoms with Crippen LogP contribution in [0.1, 0.15) is 41.4 Å². The van der Waals surface area contributed by atoms with E-state index >= 15 is 0 Å². The SMILES string of the molecule is CCOC(=O)c1c(C)[nH]c2c(=O)n(C)cc(C#CCC3C[C@H]3O)c12. The Bertz CT molecular complexity index is 926. The van der Waals surface area contributed by atoms with Crippen molar-refractivity contribution in [2.75, 3.05) is 6.61 Å². The number of pyridine rings is 1. The molecule has 2 aromatic heterocycles. The second kappa shape index (κ2) is 6.17. The molecule has 2 N–H and O–H groups in total. The number of hydrogen-bond donors (Lipinski definition) is 2. The fraction of sp³-hybridized carbons (Fsp3) is 0.444. The molecule has 6 nitrogen and oxygen atoms in total. The van der Waals surface area contributed by atoms with Crippen LogP contribution in [0.5, 0.6) is 0 Å². The quantitative estimate of drug-likeness (QED) is 0.660. The van der Waals surface area contributed by atoms with Gasteiger partial charge in [0.25, 0.3) is 5.56 Å². The number of hydrogen-bond acceptors (Lipinski definition) is 4. The van der Waals surface area contributed by atoms with Crippen molar-refractivity contribution in [3.05, 3.63) is 33.4 Å². The van der Waals surface area contributed by atoms with Gasteiger partial charge in [0.05, 0.1) is 23.8 Å². The summed E-state index contributed by atoms with van der Waals surface area (Å²) >= 11 is 0. The Morgan fingerprint density at radius 1 is 1.54 bits per heavy atom. The largest absolute Gasteiger partial charge is 0.462 e. The van der Waals surface area contributed by atoms with Crippen molar-refractivity contribution in [1.29, 1.82) is 0 Å². The minimum absolute atomic E-state index is 0.216. The topological polar surface area (TPSA) is 84.3 Å². The summed E-state index contributed by atoms with van der Waals surface area (Å²) in [5, 5.41) is 9.89. The third-order valence-electron chi connectivity index (χ3n) is 4.27. The number of nitrogens with one attached hydrogen (secondary N) is 1. The van der Waals surface area contributed by atoms with Crippen LogP contribution in [0.3, 0.4) is 0 Å². The van der Waals surface area contributed by atoms with E-state index in [4.69, 9.17) is 4.74 Å². The molecule has 0 saturated heterocycles. The number of carbonyl (C=O) groups is 1. The molecule has 1 saturated carbocycles. The molecule has 1 aliphatic carbocycles. The van der Waals surface area contributed by atoms with Gasteiger partial charge in [0.1, 0.15) is 5.52 Å². The highest BCUT2D eigenvalue weighted by Gasteiger charge is 2.33. The Morgan fingerprint density at radius 3 is 2.88 bits per heavy atom. The smallest absolute Gasteiger partial charge is 0.340 e. The zero-order valence-corrected chi connectivity index (χ0v) is 14.0. The molecule has 126 valence electrons. The van der Waals surface area contributed by atoms with Crippen LogP contribution < -0.4 is 5.56 Å². The van der Waals surface area contributed by atoms with Gasteiger partial charge in [-0.3, -0.25) is 4.79 Å². The zero-order chi connectivity index (χ0) is 17.4. The van der Waals surface area contributed by atoms with Crippen LogP contribution in [-0.4, -0.2) is 33.3 Å². The van der Waals surface area contributed by atoms with Gasteiger partial charge in [-0.25, -0.2) is 4.79 Å². The Kier molecular flexibility index (Phi) is 4.20. The maximum atomic E-state index is 12.4. The van der Waals surface area contributed by atoms with Gasteiger partial charge in [0.2, 0.25) is 0 Å². The normalized spacial score (nSPS) is 19.0. The number of esters is 1. The van der Waals surface area contributed by atoms with Crippen LogP contribution in [0, 0.1) is 24.7 Å². The van der Waals surface area contributed by atoms with Crippen molar-refractivity contribution in [2.24, 2.45) is 13.0 Å². The fourth-order valence-electron chi connectivity index (χ4n) is 2.83. The Hall–Kier alpha value is -2.52. The molecule has 1 unspecified atom stereocenters. The van der Waals surface area contributed by atoms with Crippen LogP contribution in [0.25, 0.3) is 10.9 Å². The van der Waals surface area contributed by atoms with E-state index in [1.807, 2.05) is 0 Å². The molecule has 2 atom stereocenters. The molecule has 24 heavy (non-hydrogen) atoms. The maximum absolute atomic E-state index is 12.4. The standard InChI is InChI=1S/C18H20N2O4/c1-4-24-18(23)14-10(2)19-16-15(14)12(9-20(3)17(16)22)7-5-6-11-8-13(11)21/h9,11,13,19,21H,4,6,8H2,1-3H3/t11?,13-/m1/s1. The van der Waals surface area contributed by atoms with Gasteiger partial charge >= 0.3 is 5.97 Å². The van der Waals surface area contributed by atoms with Gasteiger partial charge in [-0.2, -0.15) is 0 Å². The van der Waals surface area contributed by atoms with E-state index in [1.165, 1.54) is 4.57 Å². The highest BCUT2D eigenvalue weighted by atomic mass is 16.5. The number of rotatable bonds is 3. The number of fused-ring (bicyclic) bond motifs is 1. The Labute approximate surface area is 139 Å². The summed E-state index contributed by atoms with van der Waals surface area (Å²) in [6.45, 7) is 3.74. The van der Waals surface area contributed by atoms with Gasteiger partial charge < -0.3 is 19.4 Å². The van der Waals surface area contributed by atoms with E-state index in [9.17, 15) is 14.7 Å². The van der Waals surface area contributed by atoms with E-state index in [1.54, 1.807) is 27.1 Å². The number of ether oxygens (including phenoxy) is 1. The van der Waals surface area contributed by atoms with Crippen LogP contribution >= 0.6 is 0 Å². The van der Waals surface area contributed by atoms with Gasteiger partial charge in [0.15, 0.2) is 0 Å². The van der Waals surface area contributed by atoms with Crippen molar-refractivity contribution in [1.82, 2.24) is 9.55 Å². The van der Waals surface area contributed by atoms with Gasteiger partial charge in [-0.1, -0.05) is 11.8 Å². The molecule has 0 spiro atoms. The molecule has 0 amide bonds. The number of aliphatic hydroxyl groups is 1. The molecule has 2 heterocycles. The first-order valence-electron chi connectivity index (χ1n) is 8.00. The fourth-order valence-corrected chi connectivity index (χ4v) is 2.83. The molecule has 0 aromatic carbocycles. The summed E-state index contributed by atoms with van der Waals surface area (Å²) in [5.41, 5.74) is 1.70. The molecule has 0 bridgehead atoms. The highest BCUT2D eigenvalue weighted by Crippen LogP contribution is 2.32. The average Bonchev–Trinajstić information content (AvgIpc) is 3.10. The monoisotopic (exact) mass is 328 g/mol. The van der Waals surface area contributed by atoms with Crippen molar-refractivity contribution < 1.29 is 14.6 Å². The zero-order valence-electron chi connectivity index (χ0n) is 14.0. The minimum Gasteiger partial charge on any atom is -0.462 e. The Morgan fingerprint density at radius 2 is 2.25 bits per heavy atom. The summed E-state index contributed by atoms with van der Waals surface area (Å²) in [6.07, 6.45) is 2.78. The molecule has 0 radical (unpaired) electrons. The predicted molar refractivity (Wildman–Crippen MR) is 89.8 cm³/mol. The lowest BCUT2D eigenvalue weighted by molar-refractivity contribution is 0.0528. The molecule has 1 fully saturated rings. The number of aryl methyl sites for hydroxylation is 2. The lowest BCUT2D eigenvalue weighted by Gasteiger charge is -2.04. The third kappa shape index (κ3) is 2.83. The van der Waals surface area contributed by atoms with Crippen molar-refractivity contribution in [2.45, 2.75) is 32.8 Å². The second-order valence-electron chi connectivity index (χ2n) is 6.12. The van der Waals surface area contributed by atoms with Gasteiger partial charge in [-0.05, 0) is 26.2 Å². The Balaban J connectivity index is 2.14. The highest BCUT2D eigenvalue weighted by molar-refractivity contribution is 6.07. The number of nitrogens with zero attached hydrogens (tertiary/aromatic N) is 1. The van der Waals surface area contributed by atoms with E-state index in [0.717, 1.165) is 6.42 Å². The van der Waals surface area contributed by atoms with Crippen molar-refractivity contribution >= 4 is 16.9 Å². The molecule has 0 aliphatic heterocycles. The lowest BCUT2D eigenvalue weighted by atomic mass is 10.1. The maximum Gasteiger partial charge on any atom is 0.340 e. The molecule has 6 heteroatoms. The molecular formula is C18H20N2O4. The van der Waals surface area contributed by atoms with Crippen LogP contribution in [-0.2, 0) is 11.8 Å². The molecule has 1 aliphatic rings. The van der Waals surface area contributed by atoms with Gasteiger partial charge in [0, 0.05) is 30.7 Å². The minimum atomic E-state index is -0.463. The molecular weight excluding hydrogens is 308 g/mol. The van der Waals surface area contributed by atoms with E-state index in [0.29, 0.717) is 34.1 Å². The van der Waals surface area contributed by atoms with Crippen molar-refractivity contribution in [3.63, 3.8) is 0 Å². The van der Waals surface area contributed by atoms with E-state index < -0.39 is 5.97 Å².